The summed E-state index contributed by atoms with van der Waals surface area (Å²) in [4.78, 5) is 15.9. The van der Waals surface area contributed by atoms with E-state index < -0.39 is 11.6 Å². The van der Waals surface area contributed by atoms with E-state index in [0.29, 0.717) is 0 Å². The number of hydrogen-bond acceptors (Lipinski definition) is 4. The third-order valence-corrected chi connectivity index (χ3v) is 4.36. The molecule has 0 aliphatic heterocycles. The minimum absolute atomic E-state index is 0.0459. The van der Waals surface area contributed by atoms with Gasteiger partial charge in [0.05, 0.1) is 22.2 Å². The van der Waals surface area contributed by atoms with Crippen LogP contribution in [0.1, 0.15) is 18.4 Å². The lowest BCUT2D eigenvalue weighted by Crippen LogP contribution is -2.14. The number of pyridine rings is 1. The fraction of sp³-hybridized carbons (Fsp3) is 0.176. The van der Waals surface area contributed by atoms with E-state index in [4.69, 9.17) is 11.6 Å². The van der Waals surface area contributed by atoms with Crippen molar-refractivity contribution in [2.75, 3.05) is 5.32 Å². The van der Waals surface area contributed by atoms with Crippen molar-refractivity contribution < 1.29 is 13.6 Å². The van der Waals surface area contributed by atoms with E-state index in [2.05, 4.69) is 15.4 Å². The van der Waals surface area contributed by atoms with Gasteiger partial charge in [-0.1, -0.05) is 11.6 Å². The van der Waals surface area contributed by atoms with Gasteiger partial charge in [0, 0.05) is 12.1 Å². The third kappa shape index (κ3) is 2.76. The molecular formula is C17H10ClF2N5O. The first-order valence-corrected chi connectivity index (χ1v) is 8.10. The van der Waals surface area contributed by atoms with Crippen molar-refractivity contribution >= 4 is 34.2 Å². The fourth-order valence-electron chi connectivity index (χ4n) is 2.64. The number of hydrogen-bond donors (Lipinski definition) is 1. The second-order valence-corrected chi connectivity index (χ2v) is 6.36. The molecule has 1 fully saturated rings. The lowest BCUT2D eigenvalue weighted by atomic mass is 10.2. The largest absolute Gasteiger partial charge is 0.310 e. The van der Waals surface area contributed by atoms with Crippen LogP contribution in [0.5, 0.6) is 0 Å². The molecule has 2 aromatic heterocycles. The van der Waals surface area contributed by atoms with Crippen molar-refractivity contribution in [3.05, 3.63) is 46.7 Å². The number of benzene rings is 1. The summed E-state index contributed by atoms with van der Waals surface area (Å²) in [5.41, 5.74) is 0.0146. The number of rotatable bonds is 3. The number of amides is 1. The van der Waals surface area contributed by atoms with Gasteiger partial charge in [0.15, 0.2) is 5.82 Å². The second-order valence-electron chi connectivity index (χ2n) is 5.95. The van der Waals surface area contributed by atoms with E-state index >= 15 is 0 Å². The van der Waals surface area contributed by atoms with Gasteiger partial charge < -0.3 is 5.32 Å². The Morgan fingerprint density at radius 3 is 2.85 bits per heavy atom. The molecule has 4 rings (SSSR count). The van der Waals surface area contributed by atoms with Crippen LogP contribution >= 0.6 is 11.6 Å². The third-order valence-electron chi connectivity index (χ3n) is 4.07. The highest BCUT2D eigenvalue weighted by atomic mass is 35.5. The lowest BCUT2D eigenvalue weighted by Gasteiger charge is -2.06. The highest BCUT2D eigenvalue weighted by Crippen LogP contribution is 2.32. The number of aromatic nitrogens is 3. The predicted molar refractivity (Wildman–Crippen MR) is 89.9 cm³/mol. The molecule has 2 heterocycles. The van der Waals surface area contributed by atoms with Crippen molar-refractivity contribution in [3.63, 3.8) is 0 Å². The molecule has 0 atom stereocenters. The Labute approximate surface area is 151 Å². The second kappa shape index (κ2) is 6.04. The van der Waals surface area contributed by atoms with Crippen molar-refractivity contribution in [1.29, 1.82) is 5.26 Å². The van der Waals surface area contributed by atoms with Crippen LogP contribution in [0, 0.1) is 28.9 Å². The molecule has 1 aliphatic rings. The minimum atomic E-state index is -0.695. The van der Waals surface area contributed by atoms with Crippen LogP contribution in [0.2, 0.25) is 5.02 Å². The summed E-state index contributed by atoms with van der Waals surface area (Å²) in [5.74, 6) is -1.43. The maximum atomic E-state index is 14.1. The molecule has 0 unspecified atom stereocenters. The summed E-state index contributed by atoms with van der Waals surface area (Å²) in [6.07, 6.45) is 3.98. The van der Waals surface area contributed by atoms with E-state index in [1.807, 2.05) is 6.07 Å². The van der Waals surface area contributed by atoms with Gasteiger partial charge in [0.25, 0.3) is 0 Å². The SMILES string of the molecule is N#Cc1cc(F)cc(Cl)c1-n1cc2c(NC(=O)C3CC3)ncc(F)c2n1. The highest BCUT2D eigenvalue weighted by Gasteiger charge is 2.30. The molecule has 0 saturated heterocycles. The Morgan fingerprint density at radius 1 is 1.38 bits per heavy atom. The predicted octanol–water partition coefficient (Wildman–Crippen LogP) is 3.57. The molecule has 1 aliphatic carbocycles. The molecule has 1 amide bonds. The van der Waals surface area contributed by atoms with Gasteiger partial charge in [-0.15, -0.1) is 0 Å². The van der Waals surface area contributed by atoms with Crippen molar-refractivity contribution in [2.45, 2.75) is 12.8 Å². The molecule has 1 aromatic carbocycles. The monoisotopic (exact) mass is 373 g/mol. The Bertz CT molecular complexity index is 1100. The molecule has 3 aromatic rings. The zero-order valence-electron chi connectivity index (χ0n) is 13.1. The zero-order chi connectivity index (χ0) is 18.4. The first-order valence-electron chi connectivity index (χ1n) is 7.72. The number of halogens is 3. The summed E-state index contributed by atoms with van der Waals surface area (Å²) < 4.78 is 28.8. The van der Waals surface area contributed by atoms with Crippen LogP contribution in [-0.2, 0) is 4.79 Å². The summed E-state index contributed by atoms with van der Waals surface area (Å²) >= 11 is 6.06. The normalized spacial score (nSPS) is 13.6. The maximum absolute atomic E-state index is 14.1. The number of nitriles is 1. The van der Waals surface area contributed by atoms with Gasteiger partial charge in [-0.05, 0) is 25.0 Å². The van der Waals surface area contributed by atoms with Crippen LogP contribution in [-0.4, -0.2) is 20.7 Å². The number of carbonyl (C=O) groups is 1. The average molecular weight is 374 g/mol. The molecule has 0 spiro atoms. The first kappa shape index (κ1) is 16.4. The fourth-order valence-corrected chi connectivity index (χ4v) is 2.93. The number of nitrogens with zero attached hydrogens (tertiary/aromatic N) is 4. The maximum Gasteiger partial charge on any atom is 0.228 e. The van der Waals surface area contributed by atoms with Crippen molar-refractivity contribution in [2.24, 2.45) is 5.92 Å². The van der Waals surface area contributed by atoms with Crippen molar-refractivity contribution in [3.8, 4) is 11.8 Å². The number of carbonyl (C=O) groups excluding carboxylic acids is 1. The Morgan fingerprint density at radius 2 is 2.15 bits per heavy atom. The molecule has 6 nitrogen and oxygen atoms in total. The number of anilines is 1. The highest BCUT2D eigenvalue weighted by molar-refractivity contribution is 6.32. The van der Waals surface area contributed by atoms with Gasteiger partial charge in [-0.2, -0.15) is 10.4 Å². The Balaban J connectivity index is 1.87. The van der Waals surface area contributed by atoms with Crippen LogP contribution in [0.4, 0.5) is 14.6 Å². The number of nitrogens with one attached hydrogen (secondary N) is 1. The first-order chi connectivity index (χ1) is 12.5. The van der Waals surface area contributed by atoms with Gasteiger partial charge in [-0.3, -0.25) is 4.79 Å². The summed E-state index contributed by atoms with van der Waals surface area (Å²) in [6.45, 7) is 0. The van der Waals surface area contributed by atoms with Crippen LogP contribution in [0.3, 0.4) is 0 Å². The van der Waals surface area contributed by atoms with Gasteiger partial charge >= 0.3 is 0 Å². The van der Waals surface area contributed by atoms with E-state index in [0.717, 1.165) is 31.2 Å². The summed E-state index contributed by atoms with van der Waals surface area (Å²) in [5, 5.41) is 16.2. The van der Waals surface area contributed by atoms with E-state index in [1.54, 1.807) is 0 Å². The van der Waals surface area contributed by atoms with Gasteiger partial charge in [0.1, 0.15) is 28.9 Å². The molecule has 0 bridgehead atoms. The van der Waals surface area contributed by atoms with Gasteiger partial charge in [-0.25, -0.2) is 18.4 Å². The molecular weight excluding hydrogens is 364 g/mol. The molecule has 9 heteroatoms. The van der Waals surface area contributed by atoms with Crippen LogP contribution < -0.4 is 5.32 Å². The molecule has 130 valence electrons. The molecule has 0 radical (unpaired) electrons. The Kier molecular flexibility index (Phi) is 3.81. The van der Waals surface area contributed by atoms with Crippen LogP contribution in [0.15, 0.2) is 24.5 Å². The zero-order valence-corrected chi connectivity index (χ0v) is 13.9. The lowest BCUT2D eigenvalue weighted by molar-refractivity contribution is -0.117. The quantitative estimate of drug-likeness (QED) is 0.760. The summed E-state index contributed by atoms with van der Waals surface area (Å²) in [6, 6.07) is 3.89. The minimum Gasteiger partial charge on any atom is -0.310 e. The van der Waals surface area contributed by atoms with E-state index in [1.165, 1.54) is 10.9 Å². The Hall–Kier alpha value is -3.05. The molecule has 1 saturated carbocycles. The molecule has 1 N–H and O–H groups in total. The average Bonchev–Trinajstić information content (AvgIpc) is 3.36. The standard InChI is InChI=1S/C17H10ClF2N5O/c18-12-4-10(19)3-9(5-21)15(12)25-7-11-14(24-25)13(20)6-22-16(11)23-17(26)8-1-2-8/h3-4,6-8H,1-2H2,(H,22,23,26). The molecule has 26 heavy (non-hydrogen) atoms. The van der Waals surface area contributed by atoms with Crippen LogP contribution in [0.25, 0.3) is 16.6 Å². The smallest absolute Gasteiger partial charge is 0.228 e. The van der Waals surface area contributed by atoms with E-state index in [9.17, 15) is 18.8 Å². The van der Waals surface area contributed by atoms with Crippen molar-refractivity contribution in [1.82, 2.24) is 14.8 Å². The van der Waals surface area contributed by atoms with Gasteiger partial charge in [0.2, 0.25) is 5.91 Å². The summed E-state index contributed by atoms with van der Waals surface area (Å²) in [7, 11) is 0. The topological polar surface area (TPSA) is 83.6 Å². The van der Waals surface area contributed by atoms with E-state index in [-0.39, 0.29) is 44.8 Å². The number of fused-ring (bicyclic) bond motifs is 1.